The topological polar surface area (TPSA) is 95.9 Å². The number of benzene rings is 1. The van der Waals surface area contributed by atoms with Crippen LogP contribution in [-0.2, 0) is 13.7 Å². The minimum Gasteiger partial charge on any atom is -0.362 e. The van der Waals surface area contributed by atoms with Crippen molar-refractivity contribution in [3.8, 4) is 0 Å². The van der Waals surface area contributed by atoms with E-state index in [-0.39, 0.29) is 6.73 Å². The number of hydrogen-bond acceptors (Lipinski definition) is 4. The lowest BCUT2D eigenvalue weighted by Gasteiger charge is -2.07. The van der Waals surface area contributed by atoms with Gasteiger partial charge in [-0.15, -0.1) is 0 Å². The van der Waals surface area contributed by atoms with Crippen LogP contribution in [0.2, 0.25) is 0 Å². The highest BCUT2D eigenvalue weighted by molar-refractivity contribution is 7.64. The number of hydrogen-bond donors (Lipinski definition) is 3. The van der Waals surface area contributed by atoms with E-state index < -0.39 is 21.5 Å². The molecule has 8 heteroatoms. The molecule has 0 aliphatic rings. The largest absolute Gasteiger partial charge is 0.362 e. The van der Waals surface area contributed by atoms with Gasteiger partial charge in [0.1, 0.15) is 12.6 Å². The number of rotatable bonds is 6. The third kappa shape index (κ3) is 6.05. The average Bonchev–Trinajstić information content (AvgIpc) is 2.16. The zero-order valence-corrected chi connectivity index (χ0v) is 10.3. The maximum absolute atomic E-state index is 11.1. The molecule has 0 aliphatic heterocycles. The third-order valence-electron chi connectivity index (χ3n) is 1.62. The number of nitrogens with one attached hydrogen (secondary N) is 1. The smallest absolute Gasteiger partial charge is 0.334 e. The minimum absolute atomic E-state index is 0.0399. The minimum atomic E-state index is -4.25. The highest BCUT2D eigenvalue weighted by atomic mass is 31.2. The van der Waals surface area contributed by atoms with E-state index in [0.29, 0.717) is 0 Å². The first-order chi connectivity index (χ1) is 7.47. The summed E-state index contributed by atoms with van der Waals surface area (Å²) in [6.45, 7) is -0.0399. The monoisotopic (exact) mass is 265 g/mol. The fourth-order valence-corrected chi connectivity index (χ4v) is 2.91. The molecule has 0 fully saturated rings. The van der Waals surface area contributed by atoms with Crippen molar-refractivity contribution in [3.05, 3.63) is 30.3 Å². The summed E-state index contributed by atoms with van der Waals surface area (Å²) < 4.78 is 26.3. The summed E-state index contributed by atoms with van der Waals surface area (Å²) in [5.74, 6) is -0.714. The highest BCUT2D eigenvalue weighted by Crippen LogP contribution is 2.45. The first kappa shape index (κ1) is 13.4. The molecule has 0 spiro atoms. The maximum atomic E-state index is 11.1. The predicted octanol–water partition coefficient (Wildman–Crippen LogP) is 1.68. The Labute approximate surface area is 93.7 Å². The van der Waals surface area contributed by atoms with Crippen LogP contribution < -0.4 is 5.32 Å². The van der Waals surface area contributed by atoms with E-state index in [9.17, 15) is 9.13 Å². The van der Waals surface area contributed by atoms with Crippen LogP contribution in [0.5, 0.6) is 0 Å². The van der Waals surface area contributed by atoms with Crippen molar-refractivity contribution < 1.29 is 23.4 Å². The van der Waals surface area contributed by atoms with Crippen LogP contribution in [0.25, 0.3) is 0 Å². The molecule has 0 aromatic heterocycles. The molecule has 0 bridgehead atoms. The van der Waals surface area contributed by atoms with Crippen LogP contribution in [-0.4, -0.2) is 22.4 Å². The summed E-state index contributed by atoms with van der Waals surface area (Å²) in [6.07, 6.45) is 0. The molecular weight excluding hydrogens is 252 g/mol. The van der Waals surface area contributed by atoms with Crippen LogP contribution >= 0.6 is 15.6 Å². The van der Waals surface area contributed by atoms with Crippen LogP contribution in [0, 0.1) is 0 Å². The molecule has 0 aliphatic carbocycles. The van der Waals surface area contributed by atoms with Crippen molar-refractivity contribution in [2.45, 2.75) is 0 Å². The van der Waals surface area contributed by atoms with Crippen LogP contribution in [0.15, 0.2) is 30.3 Å². The van der Waals surface area contributed by atoms with Gasteiger partial charge in [-0.3, -0.25) is 9.13 Å². The van der Waals surface area contributed by atoms with Gasteiger partial charge in [-0.05, 0) is 12.1 Å². The van der Waals surface area contributed by atoms with Gasteiger partial charge in [0.2, 0.25) is 8.03 Å². The molecule has 90 valence electrons. The Hall–Kier alpha value is -0.640. The molecule has 0 saturated heterocycles. The lowest BCUT2D eigenvalue weighted by atomic mass is 10.3. The maximum Gasteiger partial charge on any atom is 0.334 e. The lowest BCUT2D eigenvalue weighted by Crippen LogP contribution is -2.02. The molecule has 16 heavy (non-hydrogen) atoms. The highest BCUT2D eigenvalue weighted by Gasteiger charge is 2.17. The molecule has 1 aromatic carbocycles. The molecule has 0 radical (unpaired) electrons. The molecule has 0 saturated carbocycles. The van der Waals surface area contributed by atoms with E-state index in [1.54, 1.807) is 12.1 Å². The van der Waals surface area contributed by atoms with Crippen molar-refractivity contribution in [2.24, 2.45) is 0 Å². The van der Waals surface area contributed by atoms with Crippen molar-refractivity contribution in [3.63, 3.8) is 0 Å². The summed E-state index contributed by atoms with van der Waals surface area (Å²) >= 11 is 0. The van der Waals surface area contributed by atoms with E-state index >= 15 is 0 Å². The van der Waals surface area contributed by atoms with Crippen molar-refractivity contribution in [1.29, 1.82) is 0 Å². The molecule has 3 N–H and O–H groups in total. The predicted molar refractivity (Wildman–Crippen MR) is 61.9 cm³/mol. The number of para-hydroxylation sites is 1. The van der Waals surface area contributed by atoms with E-state index in [0.717, 1.165) is 5.69 Å². The first-order valence-corrected chi connectivity index (χ1v) is 7.78. The van der Waals surface area contributed by atoms with Gasteiger partial charge in [0.25, 0.3) is 0 Å². The molecule has 1 atom stereocenters. The Kier molecular flexibility index (Phi) is 5.19. The van der Waals surface area contributed by atoms with Crippen molar-refractivity contribution in [1.82, 2.24) is 0 Å². The quantitative estimate of drug-likeness (QED) is 0.535. The molecule has 0 amide bonds. The summed E-state index contributed by atoms with van der Waals surface area (Å²) in [4.78, 5) is 17.1. The van der Waals surface area contributed by atoms with Crippen LogP contribution in [0.1, 0.15) is 0 Å². The molecular formula is C8H13NO5P2. The second kappa shape index (κ2) is 6.18. The van der Waals surface area contributed by atoms with E-state index in [4.69, 9.17) is 14.3 Å². The molecule has 1 aromatic rings. The second-order valence-corrected chi connectivity index (χ2v) is 6.65. The van der Waals surface area contributed by atoms with Gasteiger partial charge in [-0.25, -0.2) is 0 Å². The van der Waals surface area contributed by atoms with Gasteiger partial charge in [0.05, 0.1) is 0 Å². The molecule has 1 rings (SSSR count). The number of anilines is 1. The lowest BCUT2D eigenvalue weighted by molar-refractivity contribution is 0.350. The Morgan fingerprint density at radius 1 is 1.31 bits per heavy atom. The third-order valence-corrected chi connectivity index (χ3v) is 4.77. The second-order valence-electron chi connectivity index (χ2n) is 3.03. The van der Waals surface area contributed by atoms with E-state index in [2.05, 4.69) is 5.32 Å². The van der Waals surface area contributed by atoms with Gasteiger partial charge >= 0.3 is 7.60 Å². The van der Waals surface area contributed by atoms with E-state index in [1.807, 2.05) is 18.2 Å². The fourth-order valence-electron chi connectivity index (χ4n) is 0.970. The van der Waals surface area contributed by atoms with Crippen molar-refractivity contribution in [2.75, 3.05) is 18.0 Å². The summed E-state index contributed by atoms with van der Waals surface area (Å²) in [5, 5.41) is 2.81. The Morgan fingerprint density at radius 3 is 2.50 bits per heavy atom. The Bertz CT molecular complexity index is 391. The zero-order chi connectivity index (χ0) is 12.0. The van der Waals surface area contributed by atoms with Gasteiger partial charge in [0.15, 0.2) is 0 Å². The van der Waals surface area contributed by atoms with Crippen molar-refractivity contribution >= 4 is 21.3 Å². The summed E-state index contributed by atoms with van der Waals surface area (Å²) in [5.41, 5.74) is 0.786. The van der Waals surface area contributed by atoms with Gasteiger partial charge in [-0.2, -0.15) is 0 Å². The van der Waals surface area contributed by atoms with Gasteiger partial charge in [-0.1, -0.05) is 18.2 Å². The molecule has 6 nitrogen and oxygen atoms in total. The fraction of sp³-hybridized carbons (Fsp3) is 0.250. The zero-order valence-electron chi connectivity index (χ0n) is 8.37. The van der Waals surface area contributed by atoms with Crippen LogP contribution in [0.4, 0.5) is 5.69 Å². The first-order valence-electron chi connectivity index (χ1n) is 4.46. The van der Waals surface area contributed by atoms with Gasteiger partial charge < -0.3 is 19.6 Å². The van der Waals surface area contributed by atoms with E-state index in [1.165, 1.54) is 0 Å². The van der Waals surface area contributed by atoms with Gasteiger partial charge in [0, 0.05) is 5.69 Å². The molecule has 0 heterocycles. The standard InChI is InChI=1S/C8H13NO5P2/c10-15(7-16(11,12)13)14-6-9-8-4-2-1-3-5-8/h1-5,9,15H,6-7H2,(H2,11,12,13). The summed E-state index contributed by atoms with van der Waals surface area (Å²) in [6, 6.07) is 9.08. The Morgan fingerprint density at radius 2 is 1.94 bits per heavy atom. The normalized spacial score (nSPS) is 13.4. The average molecular weight is 265 g/mol. The Balaban J connectivity index is 2.26. The molecule has 1 unspecified atom stereocenters. The van der Waals surface area contributed by atoms with Crippen LogP contribution in [0.3, 0.4) is 0 Å². The SMILES string of the molecule is O=[PH](CP(=O)(O)O)OCNc1ccccc1. The summed E-state index contributed by atoms with van der Waals surface area (Å²) in [7, 11) is -6.95.